The lowest BCUT2D eigenvalue weighted by Crippen LogP contribution is -2.43. The van der Waals surface area contributed by atoms with Crippen molar-refractivity contribution in [2.45, 2.75) is 70.6 Å². The van der Waals surface area contributed by atoms with Gasteiger partial charge in [-0.25, -0.2) is 4.98 Å². The van der Waals surface area contributed by atoms with Gasteiger partial charge in [0.2, 0.25) is 0 Å². The van der Waals surface area contributed by atoms with Crippen LogP contribution in [0.4, 0.5) is 0 Å². The molecule has 1 unspecified atom stereocenters. The third-order valence-electron chi connectivity index (χ3n) is 6.60. The molecule has 1 atom stereocenters. The van der Waals surface area contributed by atoms with Crippen LogP contribution in [0.2, 0.25) is 0 Å². The first kappa shape index (κ1) is 21.3. The van der Waals surface area contributed by atoms with Crippen LogP contribution in [0.5, 0.6) is 5.75 Å². The number of benzene rings is 1. The second-order valence-electron chi connectivity index (χ2n) is 8.74. The summed E-state index contributed by atoms with van der Waals surface area (Å²) < 4.78 is 6.28. The monoisotopic (exact) mass is 427 g/mol. The summed E-state index contributed by atoms with van der Waals surface area (Å²) in [6, 6.07) is 8.39. The summed E-state index contributed by atoms with van der Waals surface area (Å²) in [5.41, 5.74) is 1.66. The first-order valence-electron chi connectivity index (χ1n) is 11.2. The Morgan fingerprint density at radius 1 is 1.23 bits per heavy atom. The lowest BCUT2D eigenvalue weighted by atomic mass is 10.0. The average Bonchev–Trinajstić information content (AvgIpc) is 3.45. The van der Waals surface area contributed by atoms with Crippen molar-refractivity contribution in [3.63, 3.8) is 0 Å². The lowest BCUT2D eigenvalue weighted by Gasteiger charge is -2.36. The van der Waals surface area contributed by atoms with Gasteiger partial charge in [0, 0.05) is 42.8 Å². The molecule has 1 saturated heterocycles. The van der Waals surface area contributed by atoms with Gasteiger partial charge in [-0.15, -0.1) is 11.3 Å². The minimum Gasteiger partial charge on any atom is -0.490 e. The molecule has 5 nitrogen and oxygen atoms in total. The smallest absolute Gasteiger partial charge is 0.254 e. The number of aryl methyl sites for hydroxylation is 1. The topological polar surface area (TPSA) is 45.7 Å². The first-order chi connectivity index (χ1) is 14.5. The number of carbonyl (C=O) groups is 1. The van der Waals surface area contributed by atoms with E-state index in [1.54, 1.807) is 16.2 Å². The molecule has 1 aliphatic heterocycles. The minimum atomic E-state index is -0.0549. The number of hydrogen-bond acceptors (Lipinski definition) is 5. The van der Waals surface area contributed by atoms with Crippen molar-refractivity contribution >= 4 is 17.2 Å². The van der Waals surface area contributed by atoms with E-state index in [-0.39, 0.29) is 18.1 Å². The van der Waals surface area contributed by atoms with Crippen LogP contribution in [0.3, 0.4) is 0 Å². The molecule has 1 aliphatic carbocycles. The second kappa shape index (κ2) is 9.48. The van der Waals surface area contributed by atoms with E-state index in [4.69, 9.17) is 4.74 Å². The van der Waals surface area contributed by atoms with E-state index in [9.17, 15) is 4.79 Å². The zero-order chi connectivity index (χ0) is 21.1. The Hall–Kier alpha value is -1.92. The van der Waals surface area contributed by atoms with Gasteiger partial charge in [-0.05, 0) is 57.7 Å². The fraction of sp³-hybridized carbons (Fsp3) is 0.583. The number of aromatic nitrogens is 1. The van der Waals surface area contributed by atoms with Crippen molar-refractivity contribution in [1.82, 2.24) is 14.8 Å². The average molecular weight is 428 g/mol. The Labute approximate surface area is 184 Å². The fourth-order valence-electron chi connectivity index (χ4n) is 4.63. The standard InChI is InChI=1S/C24H33N3O2S/c1-17-16-30-23(25-17)18(2)26(3)24(28)19-7-6-10-22(15-19)29-21-11-13-27(14-12-21)20-8-4-5-9-20/h6-7,10,15-16,18,20-21H,4-5,8-9,11-14H2,1-3H3. The third kappa shape index (κ3) is 4.86. The van der Waals surface area contributed by atoms with Gasteiger partial charge < -0.3 is 14.5 Å². The van der Waals surface area contributed by atoms with Crippen LogP contribution in [-0.2, 0) is 0 Å². The number of hydrogen-bond donors (Lipinski definition) is 0. The number of nitrogens with zero attached hydrogens (tertiary/aromatic N) is 3. The van der Waals surface area contributed by atoms with E-state index in [2.05, 4.69) is 9.88 Å². The second-order valence-corrected chi connectivity index (χ2v) is 9.63. The summed E-state index contributed by atoms with van der Waals surface area (Å²) in [5.74, 6) is 0.795. The molecule has 162 valence electrons. The van der Waals surface area contributed by atoms with E-state index >= 15 is 0 Å². The van der Waals surface area contributed by atoms with E-state index < -0.39 is 0 Å². The van der Waals surface area contributed by atoms with Crippen LogP contribution in [-0.4, -0.2) is 53.0 Å². The Bertz CT molecular complexity index is 854. The lowest BCUT2D eigenvalue weighted by molar-refractivity contribution is 0.0729. The maximum Gasteiger partial charge on any atom is 0.254 e. The van der Waals surface area contributed by atoms with E-state index in [0.29, 0.717) is 5.56 Å². The van der Waals surface area contributed by atoms with Gasteiger partial charge in [-0.2, -0.15) is 0 Å². The quantitative estimate of drug-likeness (QED) is 0.646. The number of likely N-dealkylation sites (tertiary alicyclic amines) is 1. The van der Waals surface area contributed by atoms with Gasteiger partial charge >= 0.3 is 0 Å². The van der Waals surface area contributed by atoms with Gasteiger partial charge in [0.15, 0.2) is 0 Å². The summed E-state index contributed by atoms with van der Waals surface area (Å²) in [4.78, 5) is 22.0. The van der Waals surface area contributed by atoms with Crippen molar-refractivity contribution in [2.75, 3.05) is 20.1 Å². The number of ether oxygens (including phenoxy) is 1. The molecule has 30 heavy (non-hydrogen) atoms. The van der Waals surface area contributed by atoms with Crippen molar-refractivity contribution in [3.8, 4) is 5.75 Å². The summed E-state index contributed by atoms with van der Waals surface area (Å²) in [6.07, 6.45) is 7.87. The zero-order valence-electron chi connectivity index (χ0n) is 18.3. The molecule has 1 aromatic carbocycles. The van der Waals surface area contributed by atoms with Gasteiger partial charge in [0.1, 0.15) is 16.9 Å². The zero-order valence-corrected chi connectivity index (χ0v) is 19.2. The van der Waals surface area contributed by atoms with Crippen LogP contribution in [0.1, 0.15) is 72.6 Å². The molecule has 0 spiro atoms. The van der Waals surface area contributed by atoms with E-state index in [1.165, 1.54) is 25.7 Å². The van der Waals surface area contributed by atoms with Crippen LogP contribution in [0, 0.1) is 6.92 Å². The highest BCUT2D eigenvalue weighted by Gasteiger charge is 2.28. The highest BCUT2D eigenvalue weighted by molar-refractivity contribution is 7.09. The van der Waals surface area contributed by atoms with Crippen LogP contribution in [0.15, 0.2) is 29.6 Å². The molecule has 2 aromatic rings. The molecule has 0 bridgehead atoms. The molecule has 2 aliphatic rings. The number of rotatable bonds is 6. The van der Waals surface area contributed by atoms with Crippen molar-refractivity contribution < 1.29 is 9.53 Å². The molecular formula is C24H33N3O2S. The van der Waals surface area contributed by atoms with Crippen LogP contribution in [0.25, 0.3) is 0 Å². The SMILES string of the molecule is Cc1csc(C(C)N(C)C(=O)c2cccc(OC3CCN(C4CCCC4)CC3)c2)n1. The van der Waals surface area contributed by atoms with E-state index in [1.807, 2.05) is 50.5 Å². The maximum atomic E-state index is 13.0. The summed E-state index contributed by atoms with van der Waals surface area (Å²) in [7, 11) is 1.84. The van der Waals surface area contributed by atoms with Crippen LogP contribution < -0.4 is 4.74 Å². The molecule has 6 heteroatoms. The fourth-order valence-corrected chi connectivity index (χ4v) is 5.53. The number of thiazole rings is 1. The highest BCUT2D eigenvalue weighted by Crippen LogP contribution is 2.28. The summed E-state index contributed by atoms with van der Waals surface area (Å²) >= 11 is 1.60. The maximum absolute atomic E-state index is 13.0. The molecule has 1 aromatic heterocycles. The van der Waals surface area contributed by atoms with Crippen molar-refractivity contribution in [2.24, 2.45) is 0 Å². The number of piperidine rings is 1. The van der Waals surface area contributed by atoms with Gasteiger partial charge in [0.05, 0.1) is 6.04 Å². The molecule has 4 rings (SSSR count). The molecule has 2 heterocycles. The van der Waals surface area contributed by atoms with Gasteiger partial charge in [-0.1, -0.05) is 18.9 Å². The normalized spacial score (nSPS) is 19.7. The summed E-state index contributed by atoms with van der Waals surface area (Å²) in [6.45, 7) is 6.26. The van der Waals surface area contributed by atoms with Gasteiger partial charge in [-0.3, -0.25) is 4.79 Å². The third-order valence-corrected chi connectivity index (χ3v) is 7.73. The molecule has 0 N–H and O–H groups in total. The highest BCUT2D eigenvalue weighted by atomic mass is 32.1. The van der Waals surface area contributed by atoms with Crippen molar-refractivity contribution in [1.29, 1.82) is 0 Å². The minimum absolute atomic E-state index is 0.00291. The van der Waals surface area contributed by atoms with Crippen LogP contribution >= 0.6 is 11.3 Å². The summed E-state index contributed by atoms with van der Waals surface area (Å²) in [5, 5.41) is 2.99. The predicted molar refractivity (Wildman–Crippen MR) is 121 cm³/mol. The largest absolute Gasteiger partial charge is 0.490 e. The van der Waals surface area contributed by atoms with Crippen molar-refractivity contribution in [3.05, 3.63) is 45.9 Å². The number of amides is 1. The Balaban J connectivity index is 1.35. The number of carbonyl (C=O) groups excluding carboxylic acids is 1. The molecule has 2 fully saturated rings. The Kier molecular flexibility index (Phi) is 6.74. The molecule has 1 amide bonds. The Morgan fingerprint density at radius 2 is 1.97 bits per heavy atom. The molecule has 0 radical (unpaired) electrons. The first-order valence-corrected chi connectivity index (χ1v) is 12.1. The van der Waals surface area contributed by atoms with Gasteiger partial charge in [0.25, 0.3) is 5.91 Å². The molecular weight excluding hydrogens is 394 g/mol. The predicted octanol–water partition coefficient (Wildman–Crippen LogP) is 5.07. The molecule has 1 saturated carbocycles. The Morgan fingerprint density at radius 3 is 2.63 bits per heavy atom. The van der Waals surface area contributed by atoms with E-state index in [0.717, 1.165) is 48.4 Å².